The molecule has 0 aromatic carbocycles. The minimum absolute atomic E-state index is 0.0740. The zero-order chi connectivity index (χ0) is 12.6. The van der Waals surface area contributed by atoms with Gasteiger partial charge >= 0.3 is 14.8 Å². The van der Waals surface area contributed by atoms with Gasteiger partial charge in [0.2, 0.25) is 0 Å². The maximum atomic E-state index is 10.4. The summed E-state index contributed by atoms with van der Waals surface area (Å²) in [5, 5.41) is 8.44. The molecule has 0 saturated heterocycles. The lowest BCUT2D eigenvalue weighted by Gasteiger charge is -2.24. The molecule has 0 amide bonds. The van der Waals surface area contributed by atoms with Crippen LogP contribution in [0, 0.1) is 0 Å². The van der Waals surface area contributed by atoms with E-state index in [1.54, 1.807) is 21.3 Å². The molecule has 7 heteroatoms. The van der Waals surface area contributed by atoms with E-state index < -0.39 is 14.8 Å². The average molecular weight is 268 g/mol. The molecule has 1 atom stereocenters. The second-order valence-corrected chi connectivity index (χ2v) is 7.26. The molecule has 96 valence electrons. The van der Waals surface area contributed by atoms with Crippen LogP contribution in [0.3, 0.4) is 0 Å². The number of aliphatic carboxylic acids is 1. The van der Waals surface area contributed by atoms with Crippen molar-refractivity contribution in [1.29, 1.82) is 0 Å². The van der Waals surface area contributed by atoms with Gasteiger partial charge in [0.05, 0.1) is 6.42 Å². The van der Waals surface area contributed by atoms with Crippen molar-refractivity contribution < 1.29 is 23.2 Å². The quantitative estimate of drug-likeness (QED) is 0.489. The second kappa shape index (κ2) is 8.07. The van der Waals surface area contributed by atoms with Gasteiger partial charge in [-0.05, 0) is 12.8 Å². The van der Waals surface area contributed by atoms with Crippen molar-refractivity contribution in [1.82, 2.24) is 0 Å². The number of carbonyl (C=O) groups is 1. The highest BCUT2D eigenvalue weighted by Crippen LogP contribution is 2.19. The third-order valence-electron chi connectivity index (χ3n) is 2.36. The van der Waals surface area contributed by atoms with E-state index in [0.29, 0.717) is 12.5 Å². The molecule has 0 heterocycles. The Morgan fingerprint density at radius 2 is 1.81 bits per heavy atom. The Morgan fingerprint density at radius 3 is 2.19 bits per heavy atom. The Kier molecular flexibility index (Phi) is 8.03. The van der Waals surface area contributed by atoms with Crippen molar-refractivity contribution in [2.75, 3.05) is 21.3 Å². The van der Waals surface area contributed by atoms with Crippen LogP contribution in [0.1, 0.15) is 19.3 Å². The van der Waals surface area contributed by atoms with E-state index in [9.17, 15) is 4.79 Å². The van der Waals surface area contributed by atoms with Gasteiger partial charge in [-0.25, -0.2) is 0 Å². The lowest BCUT2D eigenvalue weighted by molar-refractivity contribution is -0.136. The maximum Gasteiger partial charge on any atom is 0.500 e. The summed E-state index contributed by atoms with van der Waals surface area (Å²) in [6.07, 6.45) is 1.56. The van der Waals surface area contributed by atoms with Crippen molar-refractivity contribution in [2.45, 2.75) is 30.6 Å². The van der Waals surface area contributed by atoms with Crippen LogP contribution < -0.4 is 0 Å². The predicted octanol–water partition coefficient (Wildman–Crippen LogP) is 1.42. The van der Waals surface area contributed by atoms with Gasteiger partial charge in [0.25, 0.3) is 0 Å². The van der Waals surface area contributed by atoms with E-state index >= 15 is 0 Å². The number of carboxylic acids is 1. The lowest BCUT2D eigenvalue weighted by Crippen LogP contribution is -2.42. The normalized spacial score (nSPS) is 13.8. The summed E-state index contributed by atoms with van der Waals surface area (Å²) in [4.78, 5) is 10.4. The van der Waals surface area contributed by atoms with Gasteiger partial charge < -0.3 is 18.4 Å². The van der Waals surface area contributed by atoms with Gasteiger partial charge in [0.15, 0.2) is 0 Å². The minimum atomic E-state index is -2.51. The molecular formula is C9H20O5SSi. The fourth-order valence-corrected chi connectivity index (χ4v) is 3.50. The maximum absolute atomic E-state index is 10.4. The zero-order valence-electron chi connectivity index (χ0n) is 9.93. The van der Waals surface area contributed by atoms with Crippen LogP contribution in [-0.2, 0) is 18.1 Å². The Labute approximate surface area is 103 Å². The summed E-state index contributed by atoms with van der Waals surface area (Å²) in [5.74, 6) is -0.825. The largest absolute Gasteiger partial charge is 0.500 e. The monoisotopic (exact) mass is 268 g/mol. The Bertz CT molecular complexity index is 202. The summed E-state index contributed by atoms with van der Waals surface area (Å²) in [5.41, 5.74) is 0. The molecule has 0 saturated carbocycles. The first-order valence-corrected chi connectivity index (χ1v) is 7.49. The number of rotatable bonds is 9. The summed E-state index contributed by atoms with van der Waals surface area (Å²) >= 11 is 4.20. The molecule has 5 nitrogen and oxygen atoms in total. The van der Waals surface area contributed by atoms with Crippen LogP contribution in [0.25, 0.3) is 0 Å². The van der Waals surface area contributed by atoms with Gasteiger partial charge in [-0.2, -0.15) is 12.6 Å². The first kappa shape index (κ1) is 15.9. The summed E-state index contributed by atoms with van der Waals surface area (Å²) in [6, 6.07) is 0.674. The summed E-state index contributed by atoms with van der Waals surface area (Å²) in [7, 11) is 2.19. The average Bonchev–Trinajstić information content (AvgIpc) is 2.24. The van der Waals surface area contributed by atoms with Gasteiger partial charge in [-0.3, -0.25) is 4.79 Å². The Morgan fingerprint density at radius 1 is 1.31 bits per heavy atom. The van der Waals surface area contributed by atoms with Crippen LogP contribution in [0.2, 0.25) is 6.04 Å². The van der Waals surface area contributed by atoms with Crippen molar-refractivity contribution in [3.05, 3.63) is 0 Å². The first-order chi connectivity index (χ1) is 7.49. The van der Waals surface area contributed by atoms with Gasteiger partial charge in [-0.15, -0.1) is 0 Å². The van der Waals surface area contributed by atoms with Crippen LogP contribution >= 0.6 is 12.6 Å². The van der Waals surface area contributed by atoms with Gasteiger partial charge in [0.1, 0.15) is 0 Å². The second-order valence-electron chi connectivity index (χ2n) is 3.44. The van der Waals surface area contributed by atoms with Crippen molar-refractivity contribution in [2.24, 2.45) is 0 Å². The van der Waals surface area contributed by atoms with Crippen molar-refractivity contribution in [3.63, 3.8) is 0 Å². The summed E-state index contributed by atoms with van der Waals surface area (Å²) in [6.45, 7) is 0. The standard InChI is InChI=1S/C9H20O5SSi/c1-12-16(13-2,14-3)6-4-5-8(15)7-9(10)11/h8,15H,4-7H2,1-3H3,(H,10,11). The van der Waals surface area contributed by atoms with Crippen molar-refractivity contribution >= 4 is 27.4 Å². The molecule has 0 rings (SSSR count). The number of hydrogen-bond donors (Lipinski definition) is 2. The topological polar surface area (TPSA) is 65.0 Å². The third kappa shape index (κ3) is 5.85. The van der Waals surface area contributed by atoms with E-state index in [1.807, 2.05) is 0 Å². The lowest BCUT2D eigenvalue weighted by atomic mass is 10.2. The fourth-order valence-electron chi connectivity index (χ4n) is 1.41. The first-order valence-electron chi connectivity index (χ1n) is 5.05. The molecule has 0 spiro atoms. The van der Waals surface area contributed by atoms with Crippen LogP contribution in [0.15, 0.2) is 0 Å². The fraction of sp³-hybridized carbons (Fsp3) is 0.889. The highest BCUT2D eigenvalue weighted by molar-refractivity contribution is 7.81. The van der Waals surface area contributed by atoms with E-state index in [0.717, 1.165) is 6.42 Å². The zero-order valence-corrected chi connectivity index (χ0v) is 11.8. The SMILES string of the molecule is CO[Si](CCCC(S)CC(=O)O)(OC)OC. The minimum Gasteiger partial charge on any atom is -0.481 e. The third-order valence-corrected chi connectivity index (χ3v) is 5.64. The molecule has 0 aliphatic carbocycles. The molecule has 0 radical (unpaired) electrons. The van der Waals surface area contributed by atoms with E-state index in [-0.39, 0.29) is 11.7 Å². The Hall–Kier alpha value is -0.0831. The smallest absolute Gasteiger partial charge is 0.481 e. The molecule has 0 aliphatic heterocycles. The molecule has 0 aromatic heterocycles. The van der Waals surface area contributed by atoms with E-state index in [1.165, 1.54) is 0 Å². The van der Waals surface area contributed by atoms with Crippen LogP contribution in [-0.4, -0.2) is 46.5 Å². The molecule has 0 bridgehead atoms. The van der Waals surface area contributed by atoms with E-state index in [2.05, 4.69) is 12.6 Å². The number of thiol groups is 1. The Balaban J connectivity index is 3.90. The summed E-state index contributed by atoms with van der Waals surface area (Å²) < 4.78 is 15.8. The molecule has 0 aliphatic rings. The molecule has 1 N–H and O–H groups in total. The van der Waals surface area contributed by atoms with Gasteiger partial charge in [-0.1, -0.05) is 0 Å². The predicted molar refractivity (Wildman–Crippen MR) is 65.8 cm³/mol. The molecule has 0 fully saturated rings. The highest BCUT2D eigenvalue weighted by Gasteiger charge is 2.36. The number of carboxylic acid groups (broad SMARTS) is 1. The van der Waals surface area contributed by atoms with Gasteiger partial charge in [0, 0.05) is 32.6 Å². The molecular weight excluding hydrogens is 248 g/mol. The number of hydrogen-bond acceptors (Lipinski definition) is 5. The highest BCUT2D eigenvalue weighted by atomic mass is 32.1. The van der Waals surface area contributed by atoms with Crippen LogP contribution in [0.4, 0.5) is 0 Å². The molecule has 1 unspecified atom stereocenters. The van der Waals surface area contributed by atoms with Crippen LogP contribution in [0.5, 0.6) is 0 Å². The molecule has 0 aromatic rings. The van der Waals surface area contributed by atoms with Crippen molar-refractivity contribution in [3.8, 4) is 0 Å². The van der Waals surface area contributed by atoms with E-state index in [4.69, 9.17) is 18.4 Å². The molecule has 16 heavy (non-hydrogen) atoms.